The summed E-state index contributed by atoms with van der Waals surface area (Å²) in [7, 11) is 0. The van der Waals surface area contributed by atoms with Gasteiger partial charge < -0.3 is 10.6 Å². The van der Waals surface area contributed by atoms with Gasteiger partial charge in [0.15, 0.2) is 5.78 Å². The first kappa shape index (κ1) is 11.4. The summed E-state index contributed by atoms with van der Waals surface area (Å²) in [5.41, 5.74) is 2.67. The van der Waals surface area contributed by atoms with Gasteiger partial charge in [-0.15, -0.1) is 0 Å². The minimum atomic E-state index is -0.0266. The molecule has 0 aromatic heterocycles. The van der Waals surface area contributed by atoms with Gasteiger partial charge in [-0.25, -0.2) is 0 Å². The smallest absolute Gasteiger partial charge is 0.224 e. The number of ketones is 1. The lowest BCUT2D eigenvalue weighted by atomic mass is 9.96. The Bertz CT molecular complexity index is 505. The van der Waals surface area contributed by atoms with Crippen molar-refractivity contribution in [2.24, 2.45) is 0 Å². The van der Waals surface area contributed by atoms with Crippen molar-refractivity contribution >= 4 is 17.4 Å². The molecule has 1 unspecified atom stereocenters. The summed E-state index contributed by atoms with van der Waals surface area (Å²) in [4.78, 5) is 23.5. The van der Waals surface area contributed by atoms with Crippen LogP contribution in [0.3, 0.4) is 0 Å². The van der Waals surface area contributed by atoms with Gasteiger partial charge in [-0.1, -0.05) is 0 Å². The Hall–Kier alpha value is -1.68. The molecule has 2 N–H and O–H groups in total. The van der Waals surface area contributed by atoms with E-state index in [4.69, 9.17) is 0 Å². The Kier molecular flexibility index (Phi) is 2.88. The Balaban J connectivity index is 1.85. The third-order valence-electron chi connectivity index (χ3n) is 3.66. The van der Waals surface area contributed by atoms with E-state index in [0.29, 0.717) is 6.42 Å². The van der Waals surface area contributed by atoms with E-state index in [1.807, 2.05) is 18.2 Å². The molecule has 1 atom stereocenters. The lowest BCUT2D eigenvalue weighted by molar-refractivity contribution is -0.116. The molecule has 1 amide bonds. The van der Waals surface area contributed by atoms with Crippen molar-refractivity contribution in [3.63, 3.8) is 0 Å². The summed E-state index contributed by atoms with van der Waals surface area (Å²) in [5, 5.41) is 6.05. The predicted molar refractivity (Wildman–Crippen MR) is 68.7 cm³/mol. The molecule has 0 spiro atoms. The van der Waals surface area contributed by atoms with Gasteiger partial charge in [-0.3, -0.25) is 9.59 Å². The van der Waals surface area contributed by atoms with Crippen LogP contribution in [0.15, 0.2) is 18.2 Å². The zero-order valence-electron chi connectivity index (χ0n) is 10.2. The van der Waals surface area contributed by atoms with Gasteiger partial charge in [0.25, 0.3) is 0 Å². The summed E-state index contributed by atoms with van der Waals surface area (Å²) in [6, 6.07) is 5.56. The molecule has 2 aliphatic heterocycles. The summed E-state index contributed by atoms with van der Waals surface area (Å²) < 4.78 is 0. The Morgan fingerprint density at radius 1 is 1.28 bits per heavy atom. The van der Waals surface area contributed by atoms with Gasteiger partial charge in [0.2, 0.25) is 5.91 Å². The van der Waals surface area contributed by atoms with E-state index in [1.165, 1.54) is 0 Å². The number of amides is 1. The van der Waals surface area contributed by atoms with E-state index in [9.17, 15) is 9.59 Å². The van der Waals surface area contributed by atoms with Gasteiger partial charge in [-0.2, -0.15) is 0 Å². The molecule has 1 fully saturated rings. The van der Waals surface area contributed by atoms with Crippen LogP contribution in [0, 0.1) is 0 Å². The van der Waals surface area contributed by atoms with E-state index < -0.39 is 0 Å². The zero-order valence-corrected chi connectivity index (χ0v) is 10.2. The highest BCUT2D eigenvalue weighted by Gasteiger charge is 2.24. The molecule has 4 heteroatoms. The molecule has 1 aromatic carbocycles. The summed E-state index contributed by atoms with van der Waals surface area (Å²) in [5.74, 6) is 0.228. The van der Waals surface area contributed by atoms with Gasteiger partial charge in [0.05, 0.1) is 6.04 Å². The van der Waals surface area contributed by atoms with E-state index in [2.05, 4.69) is 10.6 Å². The Morgan fingerprint density at radius 3 is 2.94 bits per heavy atom. The fourth-order valence-corrected chi connectivity index (χ4v) is 2.65. The van der Waals surface area contributed by atoms with Crippen molar-refractivity contribution in [2.45, 2.75) is 31.7 Å². The predicted octanol–water partition coefficient (Wildman–Crippen LogP) is 1.51. The number of anilines is 1. The fourth-order valence-electron chi connectivity index (χ4n) is 2.65. The second-order valence-corrected chi connectivity index (χ2v) is 4.93. The number of carbonyl (C=O) groups excluding carboxylic acids is 2. The van der Waals surface area contributed by atoms with E-state index in [0.717, 1.165) is 42.6 Å². The van der Waals surface area contributed by atoms with Crippen LogP contribution in [0.5, 0.6) is 0 Å². The maximum absolute atomic E-state index is 12.2. The number of benzene rings is 1. The summed E-state index contributed by atoms with van der Waals surface area (Å²) in [6.07, 6.45) is 3.22. The molecule has 0 bridgehead atoms. The van der Waals surface area contributed by atoms with E-state index in [1.54, 1.807) is 0 Å². The van der Waals surface area contributed by atoms with Crippen LogP contribution in [0.2, 0.25) is 0 Å². The zero-order chi connectivity index (χ0) is 12.5. The lowest BCUT2D eigenvalue weighted by Crippen LogP contribution is -2.31. The average Bonchev–Trinajstić information content (AvgIpc) is 2.91. The summed E-state index contributed by atoms with van der Waals surface area (Å²) >= 11 is 0. The highest BCUT2D eigenvalue weighted by atomic mass is 16.1. The quantitative estimate of drug-likeness (QED) is 0.775. The van der Waals surface area contributed by atoms with Crippen molar-refractivity contribution in [3.8, 4) is 0 Å². The maximum atomic E-state index is 12.2. The van der Waals surface area contributed by atoms with Crippen molar-refractivity contribution in [1.82, 2.24) is 5.32 Å². The third kappa shape index (κ3) is 2.04. The highest BCUT2D eigenvalue weighted by molar-refractivity contribution is 6.02. The first-order chi connectivity index (χ1) is 8.74. The Labute approximate surface area is 106 Å². The number of aryl methyl sites for hydroxylation is 1. The molecular weight excluding hydrogens is 228 g/mol. The number of fused-ring (bicyclic) bond motifs is 1. The fraction of sp³-hybridized carbons (Fsp3) is 0.429. The number of Topliss-reactive ketones (excluding diaryl/α,β-unsaturated/α-hetero) is 1. The SMILES string of the molecule is O=C1CCc2cc(C(=O)C3CCCN3)ccc2N1. The molecule has 2 aliphatic rings. The van der Waals surface area contributed by atoms with Crippen LogP contribution >= 0.6 is 0 Å². The van der Waals surface area contributed by atoms with Crippen LogP contribution in [0.4, 0.5) is 5.69 Å². The molecule has 3 rings (SSSR count). The second kappa shape index (κ2) is 4.53. The molecule has 2 heterocycles. The second-order valence-electron chi connectivity index (χ2n) is 4.93. The molecule has 0 aliphatic carbocycles. The van der Waals surface area contributed by atoms with Crippen LogP contribution in [-0.2, 0) is 11.2 Å². The molecular formula is C14H16N2O2. The largest absolute Gasteiger partial charge is 0.326 e. The van der Waals surface area contributed by atoms with Gasteiger partial charge in [0.1, 0.15) is 0 Å². The van der Waals surface area contributed by atoms with Crippen LogP contribution in [0.1, 0.15) is 35.2 Å². The van der Waals surface area contributed by atoms with Crippen molar-refractivity contribution in [3.05, 3.63) is 29.3 Å². The Morgan fingerprint density at radius 2 is 2.17 bits per heavy atom. The number of nitrogens with one attached hydrogen (secondary N) is 2. The summed E-state index contributed by atoms with van der Waals surface area (Å²) in [6.45, 7) is 0.928. The monoisotopic (exact) mass is 244 g/mol. The van der Waals surface area contributed by atoms with Crippen LogP contribution in [0.25, 0.3) is 0 Å². The molecule has 4 nitrogen and oxygen atoms in total. The van der Waals surface area contributed by atoms with E-state index >= 15 is 0 Å². The minimum Gasteiger partial charge on any atom is -0.326 e. The molecule has 94 valence electrons. The highest BCUT2D eigenvalue weighted by Crippen LogP contribution is 2.24. The third-order valence-corrected chi connectivity index (χ3v) is 3.66. The van der Waals surface area contributed by atoms with Gasteiger partial charge >= 0.3 is 0 Å². The standard InChI is InChI=1S/C14H16N2O2/c17-13-6-4-9-8-10(3-5-11(9)16-13)14(18)12-2-1-7-15-12/h3,5,8,12,15H,1-2,4,6-7H2,(H,16,17). The number of hydrogen-bond donors (Lipinski definition) is 2. The molecule has 0 radical (unpaired) electrons. The number of hydrogen-bond acceptors (Lipinski definition) is 3. The number of rotatable bonds is 2. The normalized spacial score (nSPS) is 22.4. The topological polar surface area (TPSA) is 58.2 Å². The molecule has 1 aromatic rings. The van der Waals surface area contributed by atoms with Gasteiger partial charge in [0, 0.05) is 17.7 Å². The molecule has 1 saturated heterocycles. The van der Waals surface area contributed by atoms with Gasteiger partial charge in [-0.05, 0) is 49.6 Å². The van der Waals surface area contributed by atoms with Crippen LogP contribution in [-0.4, -0.2) is 24.3 Å². The first-order valence-electron chi connectivity index (χ1n) is 6.44. The first-order valence-corrected chi connectivity index (χ1v) is 6.44. The van der Waals surface area contributed by atoms with Crippen molar-refractivity contribution < 1.29 is 9.59 Å². The van der Waals surface area contributed by atoms with Crippen LogP contribution < -0.4 is 10.6 Å². The van der Waals surface area contributed by atoms with E-state index in [-0.39, 0.29) is 17.7 Å². The molecule has 18 heavy (non-hydrogen) atoms. The maximum Gasteiger partial charge on any atom is 0.224 e. The minimum absolute atomic E-state index is 0.0266. The lowest BCUT2D eigenvalue weighted by Gasteiger charge is -2.18. The number of carbonyl (C=O) groups is 2. The van der Waals surface area contributed by atoms with Crippen molar-refractivity contribution in [1.29, 1.82) is 0 Å². The molecule has 0 saturated carbocycles. The van der Waals surface area contributed by atoms with Crippen molar-refractivity contribution in [2.75, 3.05) is 11.9 Å². The average molecular weight is 244 g/mol.